The van der Waals surface area contributed by atoms with Gasteiger partial charge in [-0.3, -0.25) is 0 Å². The maximum Gasteiger partial charge on any atom is 0.197 e. The van der Waals surface area contributed by atoms with E-state index in [-0.39, 0.29) is 0 Å². The molecule has 1 aromatic heterocycles. The molecule has 0 aromatic carbocycles. The van der Waals surface area contributed by atoms with E-state index in [0.29, 0.717) is 6.61 Å². The van der Waals surface area contributed by atoms with Gasteiger partial charge in [-0.1, -0.05) is 0 Å². The minimum atomic E-state index is 0.657. The Labute approximate surface area is 59.1 Å². The second-order valence-corrected chi connectivity index (χ2v) is 2.24. The predicted molar refractivity (Wildman–Crippen MR) is 34.2 cm³/mol. The Morgan fingerprint density at radius 2 is 2.60 bits per heavy atom. The second kappa shape index (κ2) is 2.34. The number of fused-ring (bicyclic) bond motifs is 1. The van der Waals surface area contributed by atoms with E-state index in [4.69, 9.17) is 4.74 Å². The first-order valence-electron chi connectivity index (χ1n) is 3.25. The Hall–Kier alpha value is -0.960. The lowest BCUT2D eigenvalue weighted by molar-refractivity contribution is 0.109. The fraction of sp³-hybridized carbons (Fsp3) is 0.429. The van der Waals surface area contributed by atoms with Gasteiger partial charge in [0.1, 0.15) is 0 Å². The van der Waals surface area contributed by atoms with Gasteiger partial charge in [0.2, 0.25) is 0 Å². The van der Waals surface area contributed by atoms with Crippen molar-refractivity contribution in [2.45, 2.75) is 13.0 Å². The molecule has 0 amide bonds. The summed E-state index contributed by atoms with van der Waals surface area (Å²) in [6.45, 7) is 1.43. The molecule has 1 aliphatic rings. The van der Waals surface area contributed by atoms with Crippen molar-refractivity contribution in [2.75, 3.05) is 6.61 Å². The Kier molecular flexibility index (Phi) is 1.36. The van der Waals surface area contributed by atoms with Crippen LogP contribution < -0.4 is 0 Å². The number of rotatable bonds is 0. The fourth-order valence-electron chi connectivity index (χ4n) is 1.03. The quantitative estimate of drug-likeness (QED) is 0.515. The van der Waals surface area contributed by atoms with Crippen molar-refractivity contribution < 1.29 is 4.74 Å². The van der Waals surface area contributed by atoms with Crippen molar-refractivity contribution in [3.05, 3.63) is 23.8 Å². The number of hydrogen-bond acceptors (Lipinski definition) is 3. The maximum atomic E-state index is 5.20. The summed E-state index contributed by atoms with van der Waals surface area (Å²) in [6, 6.07) is 0. The van der Waals surface area contributed by atoms with Crippen LogP contribution in [0.1, 0.15) is 11.3 Å². The zero-order valence-electron chi connectivity index (χ0n) is 5.50. The van der Waals surface area contributed by atoms with Gasteiger partial charge in [-0.25, -0.2) is 9.97 Å². The van der Waals surface area contributed by atoms with Crippen LogP contribution in [0, 0.1) is 6.33 Å². The van der Waals surface area contributed by atoms with Crippen molar-refractivity contribution >= 4 is 0 Å². The first kappa shape index (κ1) is 5.80. The van der Waals surface area contributed by atoms with Crippen LogP contribution in [0.5, 0.6) is 0 Å². The molecule has 0 unspecified atom stereocenters. The molecular formula is C7H7N2O. The van der Waals surface area contributed by atoms with Crippen LogP contribution >= 0.6 is 0 Å². The Morgan fingerprint density at radius 1 is 1.60 bits per heavy atom. The minimum absolute atomic E-state index is 0.657. The molecule has 0 aliphatic carbocycles. The van der Waals surface area contributed by atoms with Crippen LogP contribution in [0.2, 0.25) is 0 Å². The summed E-state index contributed by atoms with van der Waals surface area (Å²) in [4.78, 5) is 7.79. The van der Waals surface area contributed by atoms with Gasteiger partial charge < -0.3 is 4.74 Å². The first-order valence-corrected chi connectivity index (χ1v) is 3.25. The molecule has 0 fully saturated rings. The summed E-state index contributed by atoms with van der Waals surface area (Å²) < 4.78 is 5.20. The van der Waals surface area contributed by atoms with Crippen molar-refractivity contribution in [3.8, 4) is 0 Å². The van der Waals surface area contributed by atoms with Crippen molar-refractivity contribution in [2.24, 2.45) is 0 Å². The highest BCUT2D eigenvalue weighted by Gasteiger charge is 2.08. The monoisotopic (exact) mass is 135 g/mol. The summed E-state index contributed by atoms with van der Waals surface area (Å²) in [5.41, 5.74) is 2.19. The lowest BCUT2D eigenvalue weighted by Crippen LogP contribution is -2.11. The molecule has 3 heteroatoms. The van der Waals surface area contributed by atoms with Crippen LogP contribution in [-0.4, -0.2) is 16.6 Å². The molecule has 1 radical (unpaired) electrons. The molecule has 0 saturated carbocycles. The molecule has 51 valence electrons. The summed E-state index contributed by atoms with van der Waals surface area (Å²) in [5, 5.41) is 0. The second-order valence-electron chi connectivity index (χ2n) is 2.24. The van der Waals surface area contributed by atoms with E-state index in [1.54, 1.807) is 6.20 Å². The van der Waals surface area contributed by atoms with Crippen molar-refractivity contribution in [1.29, 1.82) is 0 Å². The first-order chi connectivity index (χ1) is 4.97. The third kappa shape index (κ3) is 0.885. The van der Waals surface area contributed by atoms with E-state index in [1.165, 1.54) is 0 Å². The van der Waals surface area contributed by atoms with E-state index in [9.17, 15) is 0 Å². The van der Waals surface area contributed by atoms with E-state index in [0.717, 1.165) is 24.3 Å². The highest BCUT2D eigenvalue weighted by atomic mass is 16.5. The largest absolute Gasteiger partial charge is 0.376 e. The van der Waals surface area contributed by atoms with E-state index >= 15 is 0 Å². The third-order valence-electron chi connectivity index (χ3n) is 1.57. The normalized spacial score (nSPS) is 16.4. The van der Waals surface area contributed by atoms with Gasteiger partial charge in [0.05, 0.1) is 18.9 Å². The highest BCUT2D eigenvalue weighted by molar-refractivity contribution is 5.16. The molecule has 2 rings (SSSR count). The predicted octanol–water partition coefficient (Wildman–Crippen LogP) is 0.349. The van der Waals surface area contributed by atoms with Crippen LogP contribution in [0.3, 0.4) is 0 Å². The molecule has 3 nitrogen and oxygen atoms in total. The topological polar surface area (TPSA) is 35.0 Å². The molecule has 0 N–H and O–H groups in total. The molecule has 0 spiro atoms. The van der Waals surface area contributed by atoms with Gasteiger partial charge in [-0.2, -0.15) is 0 Å². The maximum absolute atomic E-state index is 5.20. The van der Waals surface area contributed by atoms with Gasteiger partial charge in [0.15, 0.2) is 6.33 Å². The van der Waals surface area contributed by atoms with Crippen molar-refractivity contribution in [3.63, 3.8) is 0 Å². The van der Waals surface area contributed by atoms with Gasteiger partial charge in [-0.15, -0.1) is 0 Å². The molecule has 10 heavy (non-hydrogen) atoms. The average Bonchev–Trinajstić information content (AvgIpc) is 2.05. The van der Waals surface area contributed by atoms with Crippen LogP contribution in [0.15, 0.2) is 6.20 Å². The average molecular weight is 135 g/mol. The fourth-order valence-corrected chi connectivity index (χ4v) is 1.03. The lowest BCUT2D eigenvalue weighted by atomic mass is 10.1. The van der Waals surface area contributed by atoms with Gasteiger partial charge >= 0.3 is 0 Å². The molecular weight excluding hydrogens is 128 g/mol. The van der Waals surface area contributed by atoms with E-state index in [2.05, 4.69) is 16.3 Å². The molecule has 0 bridgehead atoms. The van der Waals surface area contributed by atoms with Crippen LogP contribution in [0.4, 0.5) is 0 Å². The molecule has 0 saturated heterocycles. The summed E-state index contributed by atoms with van der Waals surface area (Å²) in [7, 11) is 0. The Balaban J connectivity index is 2.41. The van der Waals surface area contributed by atoms with E-state index in [1.807, 2.05) is 0 Å². The van der Waals surface area contributed by atoms with Crippen LogP contribution in [-0.2, 0) is 17.8 Å². The minimum Gasteiger partial charge on any atom is -0.376 e. The Morgan fingerprint density at radius 3 is 3.50 bits per heavy atom. The zero-order valence-corrected chi connectivity index (χ0v) is 5.50. The highest BCUT2D eigenvalue weighted by Crippen LogP contribution is 2.10. The smallest absolute Gasteiger partial charge is 0.197 e. The molecule has 2 heterocycles. The standard InChI is InChI=1S/C7H7N2O/c1-2-10-4-6-3-8-5-9-7(1)6/h3H,1-2,4H2. The molecule has 1 aliphatic heterocycles. The number of nitrogens with zero attached hydrogens (tertiary/aromatic N) is 2. The zero-order chi connectivity index (χ0) is 6.81. The van der Waals surface area contributed by atoms with Crippen LogP contribution in [0.25, 0.3) is 0 Å². The number of ether oxygens (including phenoxy) is 1. The van der Waals surface area contributed by atoms with Crippen molar-refractivity contribution in [1.82, 2.24) is 9.97 Å². The number of aromatic nitrogens is 2. The van der Waals surface area contributed by atoms with Gasteiger partial charge in [0, 0.05) is 18.2 Å². The summed E-state index contributed by atoms with van der Waals surface area (Å²) >= 11 is 0. The molecule has 1 aromatic rings. The lowest BCUT2D eigenvalue weighted by Gasteiger charge is -2.12. The molecule has 0 atom stereocenters. The SMILES string of the molecule is [c]1ncc2c(n1)CCOC2. The van der Waals surface area contributed by atoms with Gasteiger partial charge in [0.25, 0.3) is 0 Å². The van der Waals surface area contributed by atoms with Gasteiger partial charge in [-0.05, 0) is 0 Å². The summed E-state index contributed by atoms with van der Waals surface area (Å²) in [6.07, 6.45) is 5.23. The van der Waals surface area contributed by atoms with E-state index < -0.39 is 0 Å². The number of hydrogen-bond donors (Lipinski definition) is 0. The Bertz CT molecular complexity index is 212. The summed E-state index contributed by atoms with van der Waals surface area (Å²) in [5.74, 6) is 0. The third-order valence-corrected chi connectivity index (χ3v) is 1.57.